The Morgan fingerprint density at radius 3 is 2.86 bits per heavy atom. The second kappa shape index (κ2) is 6.25. The number of halogens is 1. The smallest absolute Gasteiger partial charge is 0.242 e. The van der Waals surface area contributed by atoms with Gasteiger partial charge < -0.3 is 10.1 Å². The number of rotatable bonds is 6. The molecule has 2 atom stereocenters. The van der Waals surface area contributed by atoms with Crippen LogP contribution in [0.5, 0.6) is 0 Å². The van der Waals surface area contributed by atoms with Gasteiger partial charge in [0, 0.05) is 18.0 Å². The van der Waals surface area contributed by atoms with Crippen molar-refractivity contribution in [3.63, 3.8) is 0 Å². The molecule has 1 saturated heterocycles. The van der Waals surface area contributed by atoms with Crippen LogP contribution in [0, 0.1) is 5.92 Å². The summed E-state index contributed by atoms with van der Waals surface area (Å²) in [4.78, 5) is 1.32. The lowest BCUT2D eigenvalue weighted by atomic mass is 10.1. The van der Waals surface area contributed by atoms with Crippen molar-refractivity contribution >= 4 is 37.3 Å². The first-order chi connectivity index (χ1) is 10.0. The second-order valence-corrected chi connectivity index (χ2v) is 9.71. The summed E-state index contributed by atoms with van der Waals surface area (Å²) in [6.07, 6.45) is 3.11. The summed E-state index contributed by atoms with van der Waals surface area (Å²) in [7, 11) is -1.66. The van der Waals surface area contributed by atoms with Gasteiger partial charge in [-0.25, -0.2) is 13.1 Å². The predicted octanol–water partition coefficient (Wildman–Crippen LogP) is 2.08. The number of hydrogen-bond acceptors (Lipinski definition) is 5. The number of sulfonamides is 1. The van der Waals surface area contributed by atoms with E-state index in [9.17, 15) is 8.42 Å². The van der Waals surface area contributed by atoms with E-state index in [1.54, 1.807) is 6.07 Å². The van der Waals surface area contributed by atoms with Gasteiger partial charge in [0.25, 0.3) is 0 Å². The van der Waals surface area contributed by atoms with Crippen molar-refractivity contribution in [1.82, 2.24) is 10.0 Å². The SMILES string of the molecule is CNCc1cc(S(=O)(=O)NC2CCOC2C2CC2)c(Br)s1. The topological polar surface area (TPSA) is 67.4 Å². The van der Waals surface area contributed by atoms with E-state index in [0.29, 0.717) is 27.8 Å². The number of ether oxygens (including phenoxy) is 1. The van der Waals surface area contributed by atoms with Gasteiger partial charge in [-0.05, 0) is 54.2 Å². The zero-order chi connectivity index (χ0) is 15.0. The Bertz CT molecular complexity index is 613. The third kappa shape index (κ3) is 3.51. The lowest BCUT2D eigenvalue weighted by Crippen LogP contribution is -2.41. The first-order valence-electron chi connectivity index (χ1n) is 7.08. The molecule has 1 aromatic rings. The molecule has 0 bridgehead atoms. The number of hydrogen-bond donors (Lipinski definition) is 2. The maximum atomic E-state index is 12.6. The Labute approximate surface area is 137 Å². The van der Waals surface area contributed by atoms with Gasteiger partial charge in [0.05, 0.1) is 15.9 Å². The molecule has 118 valence electrons. The molecule has 3 rings (SSSR count). The van der Waals surface area contributed by atoms with Crippen LogP contribution in [0.4, 0.5) is 0 Å². The summed E-state index contributed by atoms with van der Waals surface area (Å²) < 4.78 is 34.4. The summed E-state index contributed by atoms with van der Waals surface area (Å²) >= 11 is 4.82. The highest BCUT2D eigenvalue weighted by Crippen LogP contribution is 2.39. The van der Waals surface area contributed by atoms with Crippen LogP contribution in [0.15, 0.2) is 14.7 Å². The lowest BCUT2D eigenvalue weighted by molar-refractivity contribution is 0.0848. The minimum atomic E-state index is -3.50. The van der Waals surface area contributed by atoms with E-state index in [1.807, 2.05) is 7.05 Å². The third-order valence-electron chi connectivity index (χ3n) is 3.88. The molecule has 0 aromatic carbocycles. The van der Waals surface area contributed by atoms with E-state index in [1.165, 1.54) is 11.3 Å². The van der Waals surface area contributed by atoms with Crippen molar-refractivity contribution in [2.24, 2.45) is 5.92 Å². The monoisotopic (exact) mass is 394 g/mol. The van der Waals surface area contributed by atoms with Crippen molar-refractivity contribution in [2.45, 2.75) is 42.8 Å². The Morgan fingerprint density at radius 2 is 2.19 bits per heavy atom. The second-order valence-electron chi connectivity index (χ2n) is 5.57. The van der Waals surface area contributed by atoms with E-state index >= 15 is 0 Å². The molecule has 2 unspecified atom stereocenters. The molecule has 2 aliphatic rings. The molecule has 5 nitrogen and oxygen atoms in total. The molecule has 21 heavy (non-hydrogen) atoms. The Balaban J connectivity index is 1.76. The van der Waals surface area contributed by atoms with Crippen molar-refractivity contribution in [1.29, 1.82) is 0 Å². The number of thiophene rings is 1. The van der Waals surface area contributed by atoms with Crippen LogP contribution in [-0.4, -0.2) is 34.2 Å². The quantitative estimate of drug-likeness (QED) is 0.774. The maximum absolute atomic E-state index is 12.6. The van der Waals surface area contributed by atoms with Crippen molar-refractivity contribution in [2.75, 3.05) is 13.7 Å². The molecule has 0 radical (unpaired) electrons. The average molecular weight is 395 g/mol. The minimum absolute atomic E-state index is 0.0500. The molecular weight excluding hydrogens is 376 g/mol. The van der Waals surface area contributed by atoms with Crippen molar-refractivity contribution < 1.29 is 13.2 Å². The normalized spacial score (nSPS) is 26.4. The molecule has 1 aliphatic heterocycles. The molecule has 1 aromatic heterocycles. The van der Waals surface area contributed by atoms with Gasteiger partial charge >= 0.3 is 0 Å². The van der Waals surface area contributed by atoms with Crippen molar-refractivity contribution in [3.8, 4) is 0 Å². The molecular formula is C13H19BrN2O3S2. The van der Waals surface area contributed by atoms with Crippen LogP contribution < -0.4 is 10.0 Å². The lowest BCUT2D eigenvalue weighted by Gasteiger charge is -2.19. The van der Waals surface area contributed by atoms with Gasteiger partial charge in [0.1, 0.15) is 4.90 Å². The van der Waals surface area contributed by atoms with Crippen LogP contribution in [0.1, 0.15) is 24.1 Å². The van der Waals surface area contributed by atoms with Crippen LogP contribution in [0.2, 0.25) is 0 Å². The van der Waals surface area contributed by atoms with Gasteiger partial charge in [0.2, 0.25) is 10.0 Å². The first-order valence-corrected chi connectivity index (χ1v) is 10.2. The molecule has 8 heteroatoms. The predicted molar refractivity (Wildman–Crippen MR) is 86.0 cm³/mol. The summed E-state index contributed by atoms with van der Waals surface area (Å²) in [5.41, 5.74) is 0. The van der Waals surface area contributed by atoms with Crippen LogP contribution >= 0.6 is 27.3 Å². The van der Waals surface area contributed by atoms with Gasteiger partial charge in [-0.2, -0.15) is 0 Å². The Morgan fingerprint density at radius 1 is 1.43 bits per heavy atom. The van der Waals surface area contributed by atoms with Crippen LogP contribution in [-0.2, 0) is 21.3 Å². The maximum Gasteiger partial charge on any atom is 0.242 e. The third-order valence-corrected chi connectivity index (χ3v) is 7.62. The fourth-order valence-electron chi connectivity index (χ4n) is 2.73. The zero-order valence-electron chi connectivity index (χ0n) is 11.8. The Kier molecular flexibility index (Phi) is 4.73. The molecule has 0 spiro atoms. The Hall–Kier alpha value is 0.01000. The molecule has 2 heterocycles. The van der Waals surface area contributed by atoms with E-state index in [-0.39, 0.29) is 12.1 Å². The van der Waals surface area contributed by atoms with Gasteiger partial charge in [-0.1, -0.05) is 0 Å². The van der Waals surface area contributed by atoms with Gasteiger partial charge in [0.15, 0.2) is 0 Å². The van der Waals surface area contributed by atoms with E-state index in [4.69, 9.17) is 4.74 Å². The van der Waals surface area contributed by atoms with Gasteiger partial charge in [-0.15, -0.1) is 11.3 Å². The van der Waals surface area contributed by atoms with E-state index in [0.717, 1.165) is 24.1 Å². The summed E-state index contributed by atoms with van der Waals surface area (Å²) in [6.45, 7) is 1.31. The first kappa shape index (κ1) is 15.9. The standard InChI is InChI=1S/C13H19BrN2O3S2/c1-15-7-9-6-11(13(14)20-9)21(17,18)16-10-4-5-19-12(10)8-2-3-8/h6,8,10,12,15-16H,2-5,7H2,1H3. The zero-order valence-corrected chi connectivity index (χ0v) is 15.0. The summed E-state index contributed by atoms with van der Waals surface area (Å²) in [5, 5.41) is 3.03. The van der Waals surface area contributed by atoms with Crippen molar-refractivity contribution in [3.05, 3.63) is 14.7 Å². The van der Waals surface area contributed by atoms with E-state index < -0.39 is 10.0 Å². The molecule has 1 saturated carbocycles. The molecule has 2 N–H and O–H groups in total. The molecule has 1 aliphatic carbocycles. The fraction of sp³-hybridized carbons (Fsp3) is 0.692. The van der Waals surface area contributed by atoms with E-state index in [2.05, 4.69) is 26.0 Å². The molecule has 2 fully saturated rings. The molecule has 0 amide bonds. The van der Waals surface area contributed by atoms with Crippen LogP contribution in [0.25, 0.3) is 0 Å². The van der Waals surface area contributed by atoms with Gasteiger partial charge in [-0.3, -0.25) is 0 Å². The minimum Gasteiger partial charge on any atom is -0.376 e. The average Bonchev–Trinajstić information content (AvgIpc) is 3.04. The summed E-state index contributed by atoms with van der Waals surface area (Å²) in [5.74, 6) is 0.533. The summed E-state index contributed by atoms with van der Waals surface area (Å²) in [6, 6.07) is 1.64. The van der Waals surface area contributed by atoms with Crippen LogP contribution in [0.3, 0.4) is 0 Å². The largest absolute Gasteiger partial charge is 0.376 e. The number of nitrogens with one attached hydrogen (secondary N) is 2. The highest BCUT2D eigenvalue weighted by Gasteiger charge is 2.42. The fourth-order valence-corrected chi connectivity index (χ4v) is 6.71. The highest BCUT2D eigenvalue weighted by molar-refractivity contribution is 9.11. The highest BCUT2D eigenvalue weighted by atomic mass is 79.9.